The molecule has 1 aliphatic rings. The van der Waals surface area contributed by atoms with Crippen LogP contribution < -0.4 is 14.5 Å². The van der Waals surface area contributed by atoms with Crippen molar-refractivity contribution in [1.82, 2.24) is 0 Å². The Morgan fingerprint density at radius 3 is 2.52 bits per heavy atom. The number of fused-ring (bicyclic) bond motifs is 1. The first-order valence-electron chi connectivity index (χ1n) is 7.34. The highest BCUT2D eigenvalue weighted by Crippen LogP contribution is 2.44. The van der Waals surface area contributed by atoms with Crippen molar-refractivity contribution < 1.29 is 4.74 Å². The Labute approximate surface area is 141 Å². The molecule has 0 radical (unpaired) electrons. The summed E-state index contributed by atoms with van der Waals surface area (Å²) in [6, 6.07) is 14.1. The predicted molar refractivity (Wildman–Crippen MR) is 96.3 cm³/mol. The summed E-state index contributed by atoms with van der Waals surface area (Å²) in [7, 11) is 7.75. The highest BCUT2D eigenvalue weighted by molar-refractivity contribution is 8.00. The van der Waals surface area contributed by atoms with E-state index in [4.69, 9.17) is 4.74 Å². The molecule has 2 aromatic carbocycles. The van der Waals surface area contributed by atoms with Crippen LogP contribution in [0.2, 0.25) is 0 Å². The van der Waals surface area contributed by atoms with Crippen LogP contribution in [0.25, 0.3) is 0 Å². The first kappa shape index (κ1) is 15.7. The van der Waals surface area contributed by atoms with Crippen LogP contribution in [0.1, 0.15) is 0 Å². The van der Waals surface area contributed by atoms with E-state index in [2.05, 4.69) is 26.1 Å². The maximum absolute atomic E-state index is 5.28. The lowest BCUT2D eigenvalue weighted by molar-refractivity contribution is 0.414. The van der Waals surface area contributed by atoms with E-state index in [-0.39, 0.29) is 5.50 Å². The zero-order valence-corrected chi connectivity index (χ0v) is 14.5. The molecule has 1 unspecified atom stereocenters. The number of hydrogen-bond donors (Lipinski definition) is 0. The van der Waals surface area contributed by atoms with Gasteiger partial charge in [-0.1, -0.05) is 11.8 Å². The molecule has 0 bridgehead atoms. The highest BCUT2D eigenvalue weighted by Gasteiger charge is 2.27. The quantitative estimate of drug-likeness (QED) is 0.781. The van der Waals surface area contributed by atoms with Crippen LogP contribution >= 0.6 is 11.8 Å². The lowest BCUT2D eigenvalue weighted by Gasteiger charge is -2.16. The maximum Gasteiger partial charge on any atom is 0.194 e. The number of rotatable bonds is 4. The molecular weight excluding hydrogens is 308 g/mol. The second-order valence-electron chi connectivity index (χ2n) is 5.51. The highest BCUT2D eigenvalue weighted by atomic mass is 32.2. The molecule has 0 aromatic heterocycles. The van der Waals surface area contributed by atoms with E-state index in [0.29, 0.717) is 0 Å². The number of methoxy groups -OCH3 is 1. The summed E-state index contributed by atoms with van der Waals surface area (Å²) < 4.78 is 5.28. The van der Waals surface area contributed by atoms with Gasteiger partial charge in [0, 0.05) is 31.7 Å². The third kappa shape index (κ3) is 3.27. The summed E-state index contributed by atoms with van der Waals surface area (Å²) in [6.45, 7) is 0. The van der Waals surface area contributed by atoms with Crippen molar-refractivity contribution in [2.45, 2.75) is 10.4 Å². The van der Waals surface area contributed by atoms with Crippen molar-refractivity contribution in [3.8, 4) is 5.75 Å². The zero-order valence-electron chi connectivity index (χ0n) is 13.7. The van der Waals surface area contributed by atoms with E-state index in [1.54, 1.807) is 18.9 Å². The largest absolute Gasteiger partial charge is 0.497 e. The zero-order chi connectivity index (χ0) is 16.4. The van der Waals surface area contributed by atoms with Gasteiger partial charge in [0.2, 0.25) is 0 Å². The molecule has 120 valence electrons. The van der Waals surface area contributed by atoms with Crippen molar-refractivity contribution in [3.05, 3.63) is 42.5 Å². The van der Waals surface area contributed by atoms with Gasteiger partial charge >= 0.3 is 0 Å². The first-order valence-corrected chi connectivity index (χ1v) is 8.22. The third-order valence-electron chi connectivity index (χ3n) is 3.75. The molecule has 0 saturated heterocycles. The monoisotopic (exact) mass is 328 g/mol. The molecule has 0 aliphatic carbocycles. The Morgan fingerprint density at radius 1 is 1.13 bits per heavy atom. The Morgan fingerprint density at radius 2 is 1.87 bits per heavy atom. The van der Waals surface area contributed by atoms with Crippen molar-refractivity contribution in [2.24, 2.45) is 10.2 Å². The van der Waals surface area contributed by atoms with E-state index >= 15 is 0 Å². The minimum atomic E-state index is -0.0503. The predicted octanol–water partition coefficient (Wildman–Crippen LogP) is 4.37. The summed E-state index contributed by atoms with van der Waals surface area (Å²) >= 11 is 1.68. The SMILES string of the molecule is COc1ccc2c(c1)SC(N=Nc1ccc(N(C)C)cc1)N2C. The van der Waals surface area contributed by atoms with Gasteiger partial charge in [-0.25, -0.2) is 0 Å². The summed E-state index contributed by atoms with van der Waals surface area (Å²) in [4.78, 5) is 5.35. The van der Waals surface area contributed by atoms with Crippen LogP contribution in [0.5, 0.6) is 5.75 Å². The van der Waals surface area contributed by atoms with Crippen LogP contribution in [0.15, 0.2) is 57.6 Å². The lowest BCUT2D eigenvalue weighted by atomic mass is 10.3. The number of ether oxygens (including phenoxy) is 1. The summed E-state index contributed by atoms with van der Waals surface area (Å²) in [5, 5.41) is 8.86. The number of thioether (sulfide) groups is 1. The van der Waals surface area contributed by atoms with Crippen LogP contribution in [-0.4, -0.2) is 33.8 Å². The lowest BCUT2D eigenvalue weighted by Crippen LogP contribution is -2.21. The van der Waals surface area contributed by atoms with Gasteiger partial charge in [0.15, 0.2) is 5.50 Å². The van der Waals surface area contributed by atoms with Crippen molar-refractivity contribution in [2.75, 3.05) is 38.1 Å². The Bertz CT molecular complexity index is 715. The molecule has 3 rings (SSSR count). The number of anilines is 2. The number of benzene rings is 2. The molecular formula is C17H20N4OS. The topological polar surface area (TPSA) is 40.4 Å². The molecule has 0 saturated carbocycles. The second-order valence-corrected chi connectivity index (χ2v) is 6.61. The number of hydrogen-bond acceptors (Lipinski definition) is 6. The fourth-order valence-electron chi connectivity index (χ4n) is 2.35. The van der Waals surface area contributed by atoms with Crippen molar-refractivity contribution >= 4 is 28.8 Å². The minimum Gasteiger partial charge on any atom is -0.497 e. The van der Waals surface area contributed by atoms with Gasteiger partial charge in [0.25, 0.3) is 0 Å². The van der Waals surface area contributed by atoms with Crippen molar-refractivity contribution in [1.29, 1.82) is 0 Å². The smallest absolute Gasteiger partial charge is 0.194 e. The summed E-state index contributed by atoms with van der Waals surface area (Å²) in [5.41, 5.74) is 3.11. The average molecular weight is 328 g/mol. The maximum atomic E-state index is 5.28. The molecule has 0 amide bonds. The number of azo groups is 1. The van der Waals surface area contributed by atoms with Crippen LogP contribution in [0, 0.1) is 0 Å². The Balaban J connectivity index is 1.73. The van der Waals surface area contributed by atoms with Crippen molar-refractivity contribution in [3.63, 3.8) is 0 Å². The van der Waals surface area contributed by atoms with Gasteiger partial charge in [-0.3, -0.25) is 0 Å². The fraction of sp³-hybridized carbons (Fsp3) is 0.294. The standard InChI is InChI=1S/C17H20N4OS/c1-20(2)13-7-5-12(6-8-13)18-19-17-21(3)15-10-9-14(22-4)11-16(15)23-17/h5-11,17H,1-4H3. The average Bonchev–Trinajstić information content (AvgIpc) is 2.88. The fourth-order valence-corrected chi connectivity index (χ4v) is 3.46. The van der Waals surface area contributed by atoms with Gasteiger partial charge in [0.1, 0.15) is 5.75 Å². The molecule has 0 spiro atoms. The minimum absolute atomic E-state index is 0.0503. The van der Waals surface area contributed by atoms with Gasteiger partial charge in [0.05, 0.1) is 18.5 Å². The van der Waals surface area contributed by atoms with Gasteiger partial charge in [-0.15, -0.1) is 0 Å². The Hall–Kier alpha value is -2.21. The van der Waals surface area contributed by atoms with E-state index in [9.17, 15) is 0 Å². The Kier molecular flexibility index (Phi) is 4.43. The molecule has 1 atom stereocenters. The molecule has 23 heavy (non-hydrogen) atoms. The molecule has 0 fully saturated rings. The second kappa shape index (κ2) is 6.50. The van der Waals surface area contributed by atoms with Gasteiger partial charge in [-0.2, -0.15) is 10.2 Å². The van der Waals surface area contributed by atoms with Crippen LogP contribution in [0.4, 0.5) is 17.1 Å². The van der Waals surface area contributed by atoms with E-state index in [0.717, 1.165) is 22.8 Å². The van der Waals surface area contributed by atoms with Gasteiger partial charge in [-0.05, 0) is 42.5 Å². The first-order chi connectivity index (χ1) is 11.1. The molecule has 0 N–H and O–H groups in total. The normalized spacial score (nSPS) is 16.7. The summed E-state index contributed by atoms with van der Waals surface area (Å²) in [5.74, 6) is 0.863. The molecule has 1 aliphatic heterocycles. The van der Waals surface area contributed by atoms with E-state index in [1.165, 1.54) is 4.90 Å². The molecule has 6 heteroatoms. The third-order valence-corrected chi connectivity index (χ3v) is 4.95. The van der Waals surface area contributed by atoms with E-state index < -0.39 is 0 Å². The van der Waals surface area contributed by atoms with Crippen LogP contribution in [-0.2, 0) is 0 Å². The molecule has 5 nitrogen and oxygen atoms in total. The summed E-state index contributed by atoms with van der Waals surface area (Å²) in [6.07, 6.45) is 0. The molecule has 2 aromatic rings. The van der Waals surface area contributed by atoms with Crippen LogP contribution in [0.3, 0.4) is 0 Å². The molecule has 1 heterocycles. The number of nitrogens with zero attached hydrogens (tertiary/aromatic N) is 4. The van der Waals surface area contributed by atoms with Gasteiger partial charge < -0.3 is 14.5 Å². The van der Waals surface area contributed by atoms with E-state index in [1.807, 2.05) is 57.5 Å².